The first kappa shape index (κ1) is 20.1. The molecule has 3 heterocycles. The minimum absolute atomic E-state index is 0.0590. The van der Waals surface area contributed by atoms with Crippen LogP contribution >= 0.6 is 0 Å². The number of aromatic nitrogens is 1. The molecular formula is C22H35N3O2. The maximum Gasteiger partial charge on any atom is 0.259 e. The topological polar surface area (TPSA) is 45.6 Å². The van der Waals surface area contributed by atoms with Gasteiger partial charge in [-0.25, -0.2) is 0 Å². The third kappa shape index (κ3) is 4.13. The molecule has 0 aliphatic carbocycles. The molecule has 3 rings (SSSR count). The number of likely N-dealkylation sites (tertiary alicyclic amines) is 2. The lowest BCUT2D eigenvalue weighted by Crippen LogP contribution is -2.42. The van der Waals surface area contributed by atoms with E-state index in [0.717, 1.165) is 57.0 Å². The molecule has 2 aliphatic rings. The average Bonchev–Trinajstić information content (AvgIpc) is 3.11. The Bertz CT molecular complexity index is 732. The van der Waals surface area contributed by atoms with Crippen molar-refractivity contribution in [2.75, 3.05) is 26.2 Å². The second kappa shape index (κ2) is 8.59. The maximum absolute atomic E-state index is 13.2. The second-order valence-electron chi connectivity index (χ2n) is 8.34. The van der Waals surface area contributed by atoms with Crippen LogP contribution in [0.4, 0.5) is 0 Å². The van der Waals surface area contributed by atoms with E-state index in [1.54, 1.807) is 6.07 Å². The summed E-state index contributed by atoms with van der Waals surface area (Å²) in [5.41, 5.74) is 2.21. The summed E-state index contributed by atoms with van der Waals surface area (Å²) in [5, 5.41) is 0. The zero-order valence-corrected chi connectivity index (χ0v) is 17.5. The van der Waals surface area contributed by atoms with E-state index < -0.39 is 0 Å². The molecule has 1 unspecified atom stereocenters. The van der Waals surface area contributed by atoms with Crippen LogP contribution in [0.2, 0.25) is 0 Å². The quantitative estimate of drug-likeness (QED) is 0.797. The largest absolute Gasteiger partial charge is 0.346 e. The number of piperidine rings is 1. The fraction of sp³-hybridized carbons (Fsp3) is 0.727. The van der Waals surface area contributed by atoms with Gasteiger partial charge in [-0.05, 0) is 58.0 Å². The maximum atomic E-state index is 13.2. The Morgan fingerprint density at radius 3 is 2.48 bits per heavy atom. The van der Waals surface area contributed by atoms with Crippen LogP contribution in [-0.4, -0.2) is 52.5 Å². The van der Waals surface area contributed by atoms with E-state index in [1.807, 2.05) is 11.8 Å². The van der Waals surface area contributed by atoms with Crippen molar-refractivity contribution < 1.29 is 4.79 Å². The molecule has 0 bridgehead atoms. The zero-order chi connectivity index (χ0) is 19.6. The van der Waals surface area contributed by atoms with E-state index in [2.05, 4.69) is 30.2 Å². The molecule has 0 radical (unpaired) electrons. The fourth-order valence-electron chi connectivity index (χ4n) is 4.78. The van der Waals surface area contributed by atoms with Gasteiger partial charge in [-0.2, -0.15) is 0 Å². The van der Waals surface area contributed by atoms with Crippen LogP contribution in [0.3, 0.4) is 0 Å². The smallest absolute Gasteiger partial charge is 0.259 e. The highest BCUT2D eigenvalue weighted by Crippen LogP contribution is 2.23. The molecule has 0 N–H and O–H groups in total. The van der Waals surface area contributed by atoms with Gasteiger partial charge in [0.15, 0.2) is 5.43 Å². The van der Waals surface area contributed by atoms with Crippen molar-refractivity contribution in [1.82, 2.24) is 14.4 Å². The van der Waals surface area contributed by atoms with Gasteiger partial charge in [-0.3, -0.25) is 14.5 Å². The fourth-order valence-corrected chi connectivity index (χ4v) is 4.78. The Morgan fingerprint density at radius 1 is 1.15 bits per heavy atom. The van der Waals surface area contributed by atoms with E-state index in [4.69, 9.17) is 0 Å². The molecule has 1 aromatic heterocycles. The number of carbonyl (C=O) groups is 1. The normalized spacial score (nSPS) is 21.8. The molecule has 2 aliphatic heterocycles. The predicted octanol–water partition coefficient (Wildman–Crippen LogP) is 3.08. The van der Waals surface area contributed by atoms with Crippen molar-refractivity contribution in [3.8, 4) is 0 Å². The monoisotopic (exact) mass is 373 g/mol. The molecule has 27 heavy (non-hydrogen) atoms. The molecule has 1 atom stereocenters. The van der Waals surface area contributed by atoms with Gasteiger partial charge in [0, 0.05) is 43.1 Å². The van der Waals surface area contributed by atoms with E-state index in [1.165, 1.54) is 12.8 Å². The van der Waals surface area contributed by atoms with E-state index in [-0.39, 0.29) is 11.3 Å². The summed E-state index contributed by atoms with van der Waals surface area (Å²) in [6, 6.07) is 2.17. The second-order valence-corrected chi connectivity index (χ2v) is 8.34. The van der Waals surface area contributed by atoms with Gasteiger partial charge in [0.1, 0.15) is 5.56 Å². The molecule has 150 valence electrons. The molecule has 5 nitrogen and oxygen atoms in total. The Labute approximate surface area is 163 Å². The lowest BCUT2D eigenvalue weighted by atomic mass is 9.98. The molecule has 0 saturated carbocycles. The summed E-state index contributed by atoms with van der Waals surface area (Å²) in [7, 11) is 0. The van der Waals surface area contributed by atoms with Crippen LogP contribution < -0.4 is 5.43 Å². The predicted molar refractivity (Wildman–Crippen MR) is 109 cm³/mol. The summed E-state index contributed by atoms with van der Waals surface area (Å²) >= 11 is 0. The van der Waals surface area contributed by atoms with Crippen LogP contribution in [0, 0.1) is 12.8 Å². The lowest BCUT2D eigenvalue weighted by molar-refractivity contribution is 0.0693. The van der Waals surface area contributed by atoms with Gasteiger partial charge in [-0.1, -0.05) is 20.8 Å². The number of nitrogens with zero attached hydrogens (tertiary/aromatic N) is 3. The van der Waals surface area contributed by atoms with Crippen molar-refractivity contribution in [3.63, 3.8) is 0 Å². The van der Waals surface area contributed by atoms with Gasteiger partial charge in [0.2, 0.25) is 0 Å². The highest BCUT2D eigenvalue weighted by Gasteiger charge is 2.29. The number of likely N-dealkylation sites (N-methyl/N-ethyl adjacent to an activating group) is 1. The number of rotatable bonds is 5. The molecule has 5 heteroatoms. The Kier molecular flexibility index (Phi) is 6.40. The SMILES string of the molecule is CCc1c(C(=O)N2CCC(C)CC2)c(=O)cc(C)n1CC1CCCN1CC. The lowest BCUT2D eigenvalue weighted by Gasteiger charge is -2.32. The van der Waals surface area contributed by atoms with Crippen LogP contribution in [0.5, 0.6) is 0 Å². The van der Waals surface area contributed by atoms with Crippen molar-refractivity contribution in [2.24, 2.45) is 5.92 Å². The molecule has 0 aromatic carbocycles. The third-order valence-electron chi connectivity index (χ3n) is 6.54. The standard InChI is InChI=1S/C22H35N3O2/c1-5-19-21(22(27)24-12-9-16(3)10-13-24)20(26)14-17(4)25(19)15-18-8-7-11-23(18)6-2/h14,16,18H,5-13,15H2,1-4H3. The first-order valence-electron chi connectivity index (χ1n) is 10.7. The minimum atomic E-state index is -0.108. The summed E-state index contributed by atoms with van der Waals surface area (Å²) in [6.07, 6.45) is 5.19. The molecule has 1 aromatic rings. The molecule has 0 spiro atoms. The highest BCUT2D eigenvalue weighted by atomic mass is 16.2. The molecule has 2 saturated heterocycles. The van der Waals surface area contributed by atoms with Gasteiger partial charge in [0.05, 0.1) is 0 Å². The number of carbonyl (C=O) groups excluding carboxylic acids is 1. The summed E-state index contributed by atoms with van der Waals surface area (Å²) in [5.74, 6) is 0.605. The number of pyridine rings is 1. The van der Waals surface area contributed by atoms with Crippen LogP contribution in [-0.2, 0) is 13.0 Å². The Morgan fingerprint density at radius 2 is 1.85 bits per heavy atom. The van der Waals surface area contributed by atoms with E-state index in [9.17, 15) is 9.59 Å². The van der Waals surface area contributed by atoms with E-state index >= 15 is 0 Å². The third-order valence-corrected chi connectivity index (χ3v) is 6.54. The number of hydrogen-bond acceptors (Lipinski definition) is 3. The summed E-state index contributed by atoms with van der Waals surface area (Å²) in [4.78, 5) is 30.4. The van der Waals surface area contributed by atoms with E-state index in [0.29, 0.717) is 23.9 Å². The Balaban J connectivity index is 1.94. The molecular weight excluding hydrogens is 338 g/mol. The van der Waals surface area contributed by atoms with Gasteiger partial charge in [-0.15, -0.1) is 0 Å². The van der Waals surface area contributed by atoms with Crippen LogP contribution in [0.25, 0.3) is 0 Å². The van der Waals surface area contributed by atoms with Crippen molar-refractivity contribution in [2.45, 2.75) is 72.4 Å². The van der Waals surface area contributed by atoms with Crippen LogP contribution in [0.15, 0.2) is 10.9 Å². The molecule has 2 fully saturated rings. The first-order chi connectivity index (χ1) is 13.0. The van der Waals surface area contributed by atoms with Crippen molar-refractivity contribution >= 4 is 5.91 Å². The number of aryl methyl sites for hydroxylation is 1. The number of amides is 1. The minimum Gasteiger partial charge on any atom is -0.346 e. The van der Waals surface area contributed by atoms with Crippen molar-refractivity contribution in [3.05, 3.63) is 33.2 Å². The summed E-state index contributed by atoms with van der Waals surface area (Å²) in [6.45, 7) is 13.1. The van der Waals surface area contributed by atoms with Gasteiger partial charge in [0.25, 0.3) is 5.91 Å². The zero-order valence-electron chi connectivity index (χ0n) is 17.5. The average molecular weight is 374 g/mol. The van der Waals surface area contributed by atoms with Gasteiger partial charge >= 0.3 is 0 Å². The highest BCUT2D eigenvalue weighted by molar-refractivity contribution is 5.95. The van der Waals surface area contributed by atoms with Crippen LogP contribution in [0.1, 0.15) is 68.2 Å². The van der Waals surface area contributed by atoms with Crippen molar-refractivity contribution in [1.29, 1.82) is 0 Å². The number of hydrogen-bond donors (Lipinski definition) is 0. The Hall–Kier alpha value is -1.62. The van der Waals surface area contributed by atoms with Gasteiger partial charge < -0.3 is 9.47 Å². The first-order valence-corrected chi connectivity index (χ1v) is 10.7. The molecule has 1 amide bonds. The summed E-state index contributed by atoms with van der Waals surface area (Å²) < 4.78 is 2.25.